The van der Waals surface area contributed by atoms with Gasteiger partial charge in [0.1, 0.15) is 35.3 Å². The molecule has 3 amide bonds. The van der Waals surface area contributed by atoms with Crippen molar-refractivity contribution in [1.82, 2.24) is 20.9 Å². The van der Waals surface area contributed by atoms with Crippen molar-refractivity contribution in [1.29, 1.82) is 0 Å². The average Bonchev–Trinajstić information content (AvgIpc) is 3.56. The lowest BCUT2D eigenvalue weighted by Crippen LogP contribution is -2.58. The van der Waals surface area contributed by atoms with Gasteiger partial charge in [-0.25, -0.2) is 4.79 Å². The van der Waals surface area contributed by atoms with Crippen LogP contribution in [0.15, 0.2) is 42.5 Å². The van der Waals surface area contributed by atoms with Gasteiger partial charge in [-0.3, -0.25) is 14.4 Å². The van der Waals surface area contributed by atoms with Crippen LogP contribution in [0.4, 0.5) is 0 Å². The number of fused-ring (bicyclic) bond motifs is 1. The Morgan fingerprint density at radius 3 is 1.98 bits per heavy atom. The van der Waals surface area contributed by atoms with Crippen LogP contribution in [0.1, 0.15) is 133 Å². The first-order valence-electron chi connectivity index (χ1n) is 21.5. The van der Waals surface area contributed by atoms with E-state index in [1.165, 1.54) is 12.1 Å². The number of benzene rings is 2. The number of aromatic hydroxyl groups is 1. The molecule has 0 aliphatic carbocycles. The Morgan fingerprint density at radius 2 is 1.38 bits per heavy atom. The summed E-state index contributed by atoms with van der Waals surface area (Å²) in [7, 11) is 0. The first kappa shape index (κ1) is 47.8. The lowest BCUT2D eigenvalue weighted by molar-refractivity contribution is -0.143. The molecule has 0 unspecified atom stereocenters. The average molecular weight is 807 g/mol. The molecule has 2 aromatic carbocycles. The molecule has 13 nitrogen and oxygen atoms in total. The van der Waals surface area contributed by atoms with Crippen LogP contribution in [0.5, 0.6) is 11.5 Å². The second-order valence-corrected chi connectivity index (χ2v) is 16.0. The second kappa shape index (κ2) is 25.7. The largest absolute Gasteiger partial charge is 0.508 e. The number of carbonyl (C=O) groups is 4. The lowest BCUT2D eigenvalue weighted by atomic mass is 9.96. The highest BCUT2D eigenvalue weighted by Gasteiger charge is 2.33. The molecule has 0 aliphatic heterocycles. The molecule has 0 fully saturated rings. The zero-order valence-corrected chi connectivity index (χ0v) is 35.2. The number of hydrogen-bond donors (Lipinski definition) is 8. The van der Waals surface area contributed by atoms with Gasteiger partial charge in [-0.2, -0.15) is 0 Å². The van der Waals surface area contributed by atoms with Gasteiger partial charge in [-0.1, -0.05) is 91.2 Å². The van der Waals surface area contributed by atoms with Crippen molar-refractivity contribution in [2.24, 2.45) is 23.3 Å². The minimum atomic E-state index is -1.15. The van der Waals surface area contributed by atoms with Crippen LogP contribution in [0.25, 0.3) is 10.9 Å². The van der Waals surface area contributed by atoms with E-state index in [-0.39, 0.29) is 30.4 Å². The summed E-state index contributed by atoms with van der Waals surface area (Å²) in [6, 6.07) is 8.87. The summed E-state index contributed by atoms with van der Waals surface area (Å²) in [5.41, 5.74) is 14.0. The van der Waals surface area contributed by atoms with Gasteiger partial charge in [0.25, 0.3) is 5.91 Å². The number of rotatable bonds is 29. The molecule has 13 heteroatoms. The maximum absolute atomic E-state index is 14.4. The van der Waals surface area contributed by atoms with Crippen molar-refractivity contribution < 1.29 is 34.1 Å². The van der Waals surface area contributed by atoms with Crippen molar-refractivity contribution in [3.8, 4) is 11.5 Å². The zero-order chi connectivity index (χ0) is 42.5. The fourth-order valence-corrected chi connectivity index (χ4v) is 7.11. The number of carboxylic acid groups (broad SMARTS) is 1. The number of nitrogens with two attached hydrogens (primary N) is 2. The molecule has 10 N–H and O–H groups in total. The number of amides is 3. The summed E-state index contributed by atoms with van der Waals surface area (Å²) in [6.45, 7) is 9.42. The molecule has 3 aromatic rings. The summed E-state index contributed by atoms with van der Waals surface area (Å²) >= 11 is 0. The van der Waals surface area contributed by atoms with E-state index in [9.17, 15) is 29.4 Å². The Balaban J connectivity index is 1.92. The highest BCUT2D eigenvalue weighted by Crippen LogP contribution is 2.29. The number of hydrogen-bond acceptors (Lipinski definition) is 8. The van der Waals surface area contributed by atoms with Gasteiger partial charge in [-0.05, 0) is 105 Å². The Kier molecular flexibility index (Phi) is 21.1. The molecule has 0 bridgehead atoms. The van der Waals surface area contributed by atoms with Crippen LogP contribution in [0.3, 0.4) is 0 Å². The summed E-state index contributed by atoms with van der Waals surface area (Å²) in [6.07, 6.45) is 12.8. The van der Waals surface area contributed by atoms with E-state index in [4.69, 9.17) is 16.2 Å². The first-order valence-corrected chi connectivity index (χ1v) is 21.5. The highest BCUT2D eigenvalue weighted by molar-refractivity contribution is 6.03. The Hall–Kier alpha value is -4.62. The SMILES string of the molecule is CC[C@H](C)[C@H](NC(=O)[C@H](Cc1ccc(O)cc1)NC(=O)c1[nH]c2ccc(OCCCCCCCN)cc2c1CCCCCCCCN)C(=O)N[C@@H](CC(C)C)C(=O)O. The quantitative estimate of drug-likeness (QED) is 0.0359. The Labute approximate surface area is 344 Å². The van der Waals surface area contributed by atoms with Crippen molar-refractivity contribution in [3.05, 3.63) is 59.3 Å². The second-order valence-electron chi connectivity index (χ2n) is 16.0. The molecule has 322 valence electrons. The highest BCUT2D eigenvalue weighted by atomic mass is 16.5. The topological polar surface area (TPSA) is 222 Å². The third-order valence-electron chi connectivity index (χ3n) is 10.7. The molecular weight excluding hydrogens is 737 g/mol. The van der Waals surface area contributed by atoms with E-state index < -0.39 is 41.8 Å². The normalized spacial score (nSPS) is 13.5. The maximum Gasteiger partial charge on any atom is 0.326 e. The van der Waals surface area contributed by atoms with E-state index >= 15 is 0 Å². The van der Waals surface area contributed by atoms with Crippen molar-refractivity contribution in [2.75, 3.05) is 19.7 Å². The predicted molar refractivity (Wildman–Crippen MR) is 230 cm³/mol. The minimum Gasteiger partial charge on any atom is -0.508 e. The van der Waals surface area contributed by atoms with Gasteiger partial charge in [-0.15, -0.1) is 0 Å². The van der Waals surface area contributed by atoms with E-state index in [2.05, 4.69) is 20.9 Å². The van der Waals surface area contributed by atoms with Gasteiger partial charge in [0.15, 0.2) is 0 Å². The Bertz CT molecular complexity index is 1710. The number of aryl methyl sites for hydroxylation is 1. The van der Waals surface area contributed by atoms with E-state index in [1.54, 1.807) is 12.1 Å². The smallest absolute Gasteiger partial charge is 0.326 e. The number of carbonyl (C=O) groups excluding carboxylic acids is 3. The molecule has 4 atom stereocenters. The number of aliphatic carboxylic acids is 1. The molecule has 3 rings (SSSR count). The fraction of sp³-hybridized carbons (Fsp3) is 0.600. The molecular formula is C45H70N6O7. The molecule has 0 saturated heterocycles. The van der Waals surface area contributed by atoms with Gasteiger partial charge in [0.05, 0.1) is 6.61 Å². The minimum absolute atomic E-state index is 0.0135. The number of carboxylic acids is 1. The van der Waals surface area contributed by atoms with Crippen LogP contribution in [-0.2, 0) is 27.2 Å². The summed E-state index contributed by atoms with van der Waals surface area (Å²) in [5.74, 6) is -2.36. The summed E-state index contributed by atoms with van der Waals surface area (Å²) in [4.78, 5) is 57.6. The van der Waals surface area contributed by atoms with E-state index in [1.807, 2.05) is 45.9 Å². The van der Waals surface area contributed by atoms with Gasteiger partial charge < -0.3 is 47.4 Å². The summed E-state index contributed by atoms with van der Waals surface area (Å²) < 4.78 is 6.15. The number of phenols is 1. The lowest BCUT2D eigenvalue weighted by Gasteiger charge is -2.28. The van der Waals surface area contributed by atoms with Crippen molar-refractivity contribution in [2.45, 2.75) is 142 Å². The van der Waals surface area contributed by atoms with Crippen molar-refractivity contribution >= 4 is 34.6 Å². The predicted octanol–water partition coefficient (Wildman–Crippen LogP) is 6.49. The number of aromatic nitrogens is 1. The molecule has 0 aliphatic rings. The number of ether oxygens (including phenoxy) is 1. The molecule has 0 spiro atoms. The monoisotopic (exact) mass is 807 g/mol. The zero-order valence-electron chi connectivity index (χ0n) is 35.2. The number of aromatic amines is 1. The van der Waals surface area contributed by atoms with Crippen LogP contribution >= 0.6 is 0 Å². The number of phenolic OH excluding ortho intramolecular Hbond substituents is 1. The van der Waals surface area contributed by atoms with E-state index in [0.29, 0.717) is 43.8 Å². The third kappa shape index (κ3) is 16.0. The van der Waals surface area contributed by atoms with Crippen LogP contribution in [0, 0.1) is 11.8 Å². The molecule has 0 radical (unpaired) electrons. The van der Waals surface area contributed by atoms with Gasteiger partial charge in [0, 0.05) is 17.3 Å². The van der Waals surface area contributed by atoms with Crippen LogP contribution < -0.4 is 32.2 Å². The molecule has 58 heavy (non-hydrogen) atoms. The van der Waals surface area contributed by atoms with E-state index in [0.717, 1.165) is 92.8 Å². The van der Waals surface area contributed by atoms with Crippen LogP contribution in [-0.4, -0.2) is 76.7 Å². The number of nitrogens with one attached hydrogen (secondary N) is 4. The molecule has 0 saturated carbocycles. The van der Waals surface area contributed by atoms with Crippen molar-refractivity contribution in [3.63, 3.8) is 0 Å². The number of H-pyrrole nitrogens is 1. The van der Waals surface area contributed by atoms with Gasteiger partial charge >= 0.3 is 5.97 Å². The molecule has 1 heterocycles. The molecule has 1 aromatic heterocycles. The maximum atomic E-state index is 14.4. The number of unbranched alkanes of at least 4 members (excludes halogenated alkanes) is 9. The fourth-order valence-electron chi connectivity index (χ4n) is 7.11. The van der Waals surface area contributed by atoms with Gasteiger partial charge in [0.2, 0.25) is 11.8 Å². The first-order chi connectivity index (χ1) is 27.9. The third-order valence-corrected chi connectivity index (χ3v) is 10.7. The Morgan fingerprint density at radius 1 is 0.759 bits per heavy atom. The standard InChI is InChI=1S/C45H70N6O7/c1-5-31(4)40(43(54)50-39(45(56)57)27-30(2)3)51-42(53)38(28-32-18-20-33(52)21-19-32)49-44(55)41-35(17-13-9-6-7-10-14-24-46)36-29-34(22-23-37(36)48-41)58-26-16-12-8-11-15-25-47/h18-23,29-31,38-40,48,52H,5-17,24-28,46-47H2,1-4H3,(H,49,55)(H,50,54)(H,51,53)(H,56,57)/t31-,38-,39-,40-/m0/s1. The van der Waals surface area contributed by atoms with Crippen LogP contribution in [0.2, 0.25) is 0 Å². The summed E-state index contributed by atoms with van der Waals surface area (Å²) in [5, 5.41) is 29.1.